The second kappa shape index (κ2) is 6.93. The largest absolute Gasteiger partial charge is 0.495 e. The average Bonchev–Trinajstić information content (AvgIpc) is 2.49. The van der Waals surface area contributed by atoms with Crippen LogP contribution in [0.25, 0.3) is 0 Å². The first-order valence-corrected chi connectivity index (χ1v) is 6.77. The Labute approximate surface area is 135 Å². The van der Waals surface area contributed by atoms with Gasteiger partial charge in [0.1, 0.15) is 12.3 Å². The van der Waals surface area contributed by atoms with Gasteiger partial charge in [-0.05, 0) is 18.2 Å². The van der Waals surface area contributed by atoms with Crippen LogP contribution in [0.15, 0.2) is 41.3 Å². The zero-order chi connectivity index (χ0) is 17.0. The predicted molar refractivity (Wildman–Crippen MR) is 84.0 cm³/mol. The van der Waals surface area contributed by atoms with Crippen molar-refractivity contribution in [3.63, 3.8) is 0 Å². The molecule has 0 fully saturated rings. The molecule has 1 aromatic heterocycles. The van der Waals surface area contributed by atoms with E-state index in [1.807, 2.05) is 0 Å². The van der Waals surface area contributed by atoms with Crippen LogP contribution in [0.2, 0.25) is 5.02 Å². The summed E-state index contributed by atoms with van der Waals surface area (Å²) in [5, 5.41) is 13.7. The monoisotopic (exact) mass is 337 g/mol. The highest BCUT2D eigenvalue weighted by Gasteiger charge is 2.12. The summed E-state index contributed by atoms with van der Waals surface area (Å²) in [6.07, 6.45) is 1.01. The maximum atomic E-state index is 12.1. The lowest BCUT2D eigenvalue weighted by Gasteiger charge is -2.11. The van der Waals surface area contributed by atoms with Gasteiger partial charge in [0.05, 0.1) is 23.9 Å². The molecule has 0 spiro atoms. The lowest BCUT2D eigenvalue weighted by molar-refractivity contribution is -0.385. The van der Waals surface area contributed by atoms with Crippen LogP contribution in [0.3, 0.4) is 0 Å². The normalized spacial score (nSPS) is 10.2. The minimum atomic E-state index is -0.645. The molecule has 1 N–H and O–H groups in total. The molecule has 23 heavy (non-hydrogen) atoms. The second-order valence-corrected chi connectivity index (χ2v) is 4.94. The van der Waals surface area contributed by atoms with Gasteiger partial charge in [-0.15, -0.1) is 0 Å². The Hall–Kier alpha value is -2.87. The minimum absolute atomic E-state index is 0.280. The Kier molecular flexibility index (Phi) is 4.97. The maximum absolute atomic E-state index is 12.1. The Morgan fingerprint density at radius 3 is 2.78 bits per heavy atom. The number of methoxy groups -OCH3 is 1. The van der Waals surface area contributed by atoms with E-state index in [-0.39, 0.29) is 12.2 Å². The number of carbonyl (C=O) groups is 1. The van der Waals surface area contributed by atoms with E-state index < -0.39 is 16.4 Å². The topological polar surface area (TPSA) is 103 Å². The van der Waals surface area contributed by atoms with Gasteiger partial charge in [-0.1, -0.05) is 11.6 Å². The molecule has 0 radical (unpaired) electrons. The molecule has 0 aliphatic carbocycles. The molecule has 1 amide bonds. The number of anilines is 1. The number of benzene rings is 1. The van der Waals surface area contributed by atoms with E-state index in [0.717, 1.165) is 22.9 Å². The van der Waals surface area contributed by atoms with Gasteiger partial charge in [-0.3, -0.25) is 24.3 Å². The fourth-order valence-corrected chi connectivity index (χ4v) is 2.04. The summed E-state index contributed by atoms with van der Waals surface area (Å²) < 4.78 is 6.04. The van der Waals surface area contributed by atoms with Crippen molar-refractivity contribution in [3.8, 4) is 5.75 Å². The summed E-state index contributed by atoms with van der Waals surface area (Å²) in [7, 11) is 1.43. The molecule has 0 saturated heterocycles. The standard InChI is InChI=1S/C14H12ClN3O5/c1-23-12-4-2-9(15)6-11(12)16-13(19)8-17-7-10(18(21)22)3-5-14(17)20/h2-7H,8H2,1H3,(H,16,19). The Morgan fingerprint density at radius 1 is 1.39 bits per heavy atom. The fourth-order valence-electron chi connectivity index (χ4n) is 1.87. The number of nitrogens with zero attached hydrogens (tertiary/aromatic N) is 2. The number of carbonyl (C=O) groups excluding carboxylic acids is 1. The first kappa shape index (κ1) is 16.5. The molecule has 1 aromatic carbocycles. The van der Waals surface area contributed by atoms with Crippen LogP contribution in [0.4, 0.5) is 11.4 Å². The summed E-state index contributed by atoms with van der Waals surface area (Å²) in [6.45, 7) is -0.379. The molecule has 0 atom stereocenters. The van der Waals surface area contributed by atoms with Gasteiger partial charge in [-0.2, -0.15) is 0 Å². The molecule has 0 saturated carbocycles. The van der Waals surface area contributed by atoms with E-state index in [1.165, 1.54) is 13.2 Å². The lowest BCUT2D eigenvalue weighted by Crippen LogP contribution is -2.27. The Balaban J connectivity index is 2.20. The van der Waals surface area contributed by atoms with Crippen molar-refractivity contribution < 1.29 is 14.5 Å². The van der Waals surface area contributed by atoms with Gasteiger partial charge in [0, 0.05) is 17.2 Å². The Morgan fingerprint density at radius 2 is 2.13 bits per heavy atom. The van der Waals surface area contributed by atoms with Crippen LogP contribution in [-0.2, 0) is 11.3 Å². The van der Waals surface area contributed by atoms with Crippen molar-refractivity contribution >= 4 is 28.9 Å². The number of hydrogen-bond donors (Lipinski definition) is 1. The molecule has 0 aliphatic rings. The highest BCUT2D eigenvalue weighted by Crippen LogP contribution is 2.27. The molecule has 8 nitrogen and oxygen atoms in total. The number of hydrogen-bond acceptors (Lipinski definition) is 5. The quantitative estimate of drug-likeness (QED) is 0.664. The summed E-state index contributed by atoms with van der Waals surface area (Å²) in [4.78, 5) is 33.8. The maximum Gasteiger partial charge on any atom is 0.285 e. The van der Waals surface area contributed by atoms with Crippen LogP contribution < -0.4 is 15.6 Å². The highest BCUT2D eigenvalue weighted by atomic mass is 35.5. The average molecular weight is 338 g/mol. The van der Waals surface area contributed by atoms with E-state index in [1.54, 1.807) is 12.1 Å². The minimum Gasteiger partial charge on any atom is -0.495 e. The lowest BCUT2D eigenvalue weighted by atomic mass is 10.3. The molecule has 1 heterocycles. The van der Waals surface area contributed by atoms with Crippen LogP contribution in [-0.4, -0.2) is 22.5 Å². The molecular formula is C14H12ClN3O5. The van der Waals surface area contributed by atoms with E-state index in [9.17, 15) is 19.7 Å². The van der Waals surface area contributed by atoms with Crippen molar-refractivity contribution in [2.24, 2.45) is 0 Å². The molecule has 0 bridgehead atoms. The molecule has 2 rings (SSSR count). The van der Waals surface area contributed by atoms with E-state index >= 15 is 0 Å². The number of ether oxygens (including phenoxy) is 1. The highest BCUT2D eigenvalue weighted by molar-refractivity contribution is 6.31. The predicted octanol–water partition coefficient (Wildman–Crippen LogP) is 2.06. The van der Waals surface area contributed by atoms with Gasteiger partial charge in [-0.25, -0.2) is 0 Å². The first-order valence-electron chi connectivity index (χ1n) is 6.39. The van der Waals surface area contributed by atoms with Crippen LogP contribution in [0, 0.1) is 10.1 Å². The van der Waals surface area contributed by atoms with Gasteiger partial charge in [0.15, 0.2) is 0 Å². The van der Waals surface area contributed by atoms with E-state index in [4.69, 9.17) is 16.3 Å². The van der Waals surface area contributed by atoms with Crippen molar-refractivity contribution in [1.82, 2.24) is 4.57 Å². The second-order valence-electron chi connectivity index (χ2n) is 4.50. The zero-order valence-electron chi connectivity index (χ0n) is 12.0. The van der Waals surface area contributed by atoms with Gasteiger partial charge >= 0.3 is 0 Å². The number of aromatic nitrogens is 1. The molecule has 0 aliphatic heterocycles. The molecule has 2 aromatic rings. The van der Waals surface area contributed by atoms with Crippen LogP contribution in [0.5, 0.6) is 5.75 Å². The van der Waals surface area contributed by atoms with Gasteiger partial charge in [0.25, 0.3) is 11.2 Å². The molecule has 120 valence electrons. The third kappa shape index (κ3) is 4.07. The molecule has 9 heteroatoms. The number of rotatable bonds is 5. The van der Waals surface area contributed by atoms with Crippen molar-refractivity contribution in [1.29, 1.82) is 0 Å². The van der Waals surface area contributed by atoms with Gasteiger partial charge < -0.3 is 10.1 Å². The molecular weight excluding hydrogens is 326 g/mol. The summed E-state index contributed by atoms with van der Waals surface area (Å²) in [5.74, 6) is -0.151. The number of nitrogens with one attached hydrogen (secondary N) is 1. The zero-order valence-corrected chi connectivity index (χ0v) is 12.7. The first-order chi connectivity index (χ1) is 10.9. The van der Waals surface area contributed by atoms with Crippen LogP contribution in [0.1, 0.15) is 0 Å². The van der Waals surface area contributed by atoms with E-state index in [0.29, 0.717) is 16.5 Å². The van der Waals surface area contributed by atoms with Crippen molar-refractivity contribution in [3.05, 3.63) is 62.0 Å². The van der Waals surface area contributed by atoms with E-state index in [2.05, 4.69) is 5.32 Å². The van der Waals surface area contributed by atoms with Gasteiger partial charge in [0.2, 0.25) is 5.91 Å². The van der Waals surface area contributed by atoms with Crippen molar-refractivity contribution in [2.75, 3.05) is 12.4 Å². The number of nitro groups is 1. The summed E-state index contributed by atoms with van der Waals surface area (Å²) in [5.41, 5.74) is -0.468. The number of pyridine rings is 1. The fraction of sp³-hybridized carbons (Fsp3) is 0.143. The third-order valence-electron chi connectivity index (χ3n) is 2.93. The summed E-state index contributed by atoms with van der Waals surface area (Å²) >= 11 is 5.86. The third-order valence-corrected chi connectivity index (χ3v) is 3.16. The van der Waals surface area contributed by atoms with Crippen LogP contribution >= 0.6 is 11.6 Å². The Bertz CT molecular complexity index is 818. The SMILES string of the molecule is COc1ccc(Cl)cc1NC(=O)Cn1cc([N+](=O)[O-])ccc1=O. The summed E-state index contributed by atoms with van der Waals surface area (Å²) in [6, 6.07) is 6.79. The number of halogens is 1. The number of amides is 1. The smallest absolute Gasteiger partial charge is 0.285 e. The molecule has 0 unspecified atom stereocenters. The van der Waals surface area contributed by atoms with Crippen molar-refractivity contribution in [2.45, 2.75) is 6.54 Å².